The van der Waals surface area contributed by atoms with Crippen molar-refractivity contribution in [3.8, 4) is 0 Å². The molecule has 0 saturated heterocycles. The normalized spacial score (nSPS) is 11.5. The molecule has 0 nitrogen and oxygen atoms in total. The first kappa shape index (κ1) is 35.5. The van der Waals surface area contributed by atoms with Crippen molar-refractivity contribution >= 4 is 11.1 Å². The van der Waals surface area contributed by atoms with E-state index in [2.05, 4.69) is 138 Å². The van der Waals surface area contributed by atoms with Crippen LogP contribution in [0.15, 0.2) is 0 Å². The van der Waals surface area contributed by atoms with Crippen molar-refractivity contribution in [1.29, 1.82) is 0 Å². The van der Waals surface area contributed by atoms with Gasteiger partial charge in [-0.2, -0.15) is 0 Å². The van der Waals surface area contributed by atoms with Crippen LogP contribution in [-0.4, -0.2) is 0 Å². The van der Waals surface area contributed by atoms with Gasteiger partial charge in [-0.05, 0) is 283 Å². The third-order valence-electron chi connectivity index (χ3n) is 13.2. The summed E-state index contributed by atoms with van der Waals surface area (Å²) in [4.78, 5) is 0. The third kappa shape index (κ3) is 5.03. The molecule has 0 N–H and O–H groups in total. The standard InChI is InChI=1S/C46H60/c1-21-25(5)33(13)41(34(14)26(21)6)45(42-35(15)27(7)22(2)28(8)36(42)16)46(43-37(17)29(9)23(3)30(10)38(43)18)44-39(19)31(11)24(4)32(12)40(44)20/h1-20H3. The van der Waals surface area contributed by atoms with Gasteiger partial charge in [0.25, 0.3) is 0 Å². The van der Waals surface area contributed by atoms with Crippen molar-refractivity contribution < 1.29 is 0 Å². The maximum Gasteiger partial charge on any atom is -0.00153 e. The summed E-state index contributed by atoms with van der Waals surface area (Å²) >= 11 is 0. The molecule has 46 heavy (non-hydrogen) atoms. The second kappa shape index (κ2) is 12.3. The Kier molecular flexibility index (Phi) is 9.51. The molecule has 0 spiro atoms. The quantitative estimate of drug-likeness (QED) is 0.201. The van der Waals surface area contributed by atoms with E-state index in [9.17, 15) is 0 Å². The van der Waals surface area contributed by atoms with Crippen LogP contribution in [0, 0.1) is 138 Å². The molecule has 0 heteroatoms. The van der Waals surface area contributed by atoms with E-state index < -0.39 is 0 Å². The summed E-state index contributed by atoms with van der Waals surface area (Å²) in [6.45, 7) is 46.8. The van der Waals surface area contributed by atoms with E-state index in [0.717, 1.165) is 0 Å². The van der Waals surface area contributed by atoms with E-state index >= 15 is 0 Å². The summed E-state index contributed by atoms with van der Waals surface area (Å²) in [5, 5.41) is 0. The smallest absolute Gasteiger partial charge is 0.00153 e. The van der Waals surface area contributed by atoms with Gasteiger partial charge in [0.05, 0.1) is 0 Å². The highest BCUT2D eigenvalue weighted by atomic mass is 14.3. The highest BCUT2D eigenvalue weighted by molar-refractivity contribution is 6.09. The first-order valence-electron chi connectivity index (χ1n) is 17.2. The molecule has 0 amide bonds. The summed E-state index contributed by atoms with van der Waals surface area (Å²) in [5.74, 6) is 0. The van der Waals surface area contributed by atoms with Gasteiger partial charge in [0, 0.05) is 0 Å². The molecule has 0 unspecified atom stereocenters. The Hall–Kier alpha value is -3.38. The monoisotopic (exact) mass is 612 g/mol. The van der Waals surface area contributed by atoms with Gasteiger partial charge in [-0.25, -0.2) is 0 Å². The molecule has 4 aromatic rings. The van der Waals surface area contributed by atoms with E-state index in [1.807, 2.05) is 0 Å². The minimum Gasteiger partial charge on any atom is -0.0447 e. The van der Waals surface area contributed by atoms with Gasteiger partial charge in [-0.3, -0.25) is 0 Å². The van der Waals surface area contributed by atoms with Gasteiger partial charge >= 0.3 is 0 Å². The zero-order valence-corrected chi connectivity index (χ0v) is 33.0. The van der Waals surface area contributed by atoms with Gasteiger partial charge < -0.3 is 0 Å². The van der Waals surface area contributed by atoms with Crippen LogP contribution >= 0.6 is 0 Å². The van der Waals surface area contributed by atoms with Crippen LogP contribution in [-0.2, 0) is 0 Å². The molecule has 0 bridgehead atoms. The number of hydrogen-bond acceptors (Lipinski definition) is 0. The van der Waals surface area contributed by atoms with Crippen LogP contribution in [0.3, 0.4) is 0 Å². The van der Waals surface area contributed by atoms with Crippen molar-refractivity contribution in [3.63, 3.8) is 0 Å². The minimum absolute atomic E-state index is 1.40. The maximum absolute atomic E-state index is 2.37. The molecule has 0 fully saturated rings. The topological polar surface area (TPSA) is 0 Å². The zero-order valence-electron chi connectivity index (χ0n) is 33.0. The maximum atomic E-state index is 2.37. The van der Waals surface area contributed by atoms with Crippen LogP contribution in [0.25, 0.3) is 11.1 Å². The summed E-state index contributed by atoms with van der Waals surface area (Å²) < 4.78 is 0. The van der Waals surface area contributed by atoms with Crippen LogP contribution in [0.5, 0.6) is 0 Å². The molecule has 0 radical (unpaired) electrons. The number of rotatable bonds is 4. The Balaban J connectivity index is 2.63. The summed E-state index contributed by atoms with van der Waals surface area (Å²) in [6.07, 6.45) is 0. The molecule has 244 valence electrons. The van der Waals surface area contributed by atoms with Gasteiger partial charge in [-0.15, -0.1) is 0 Å². The summed E-state index contributed by atoms with van der Waals surface area (Å²) in [6, 6.07) is 0. The largest absolute Gasteiger partial charge is 0.0447 e. The van der Waals surface area contributed by atoms with E-state index in [-0.39, 0.29) is 0 Å². The van der Waals surface area contributed by atoms with Gasteiger partial charge in [0.15, 0.2) is 0 Å². The lowest BCUT2D eigenvalue weighted by Crippen LogP contribution is -2.14. The third-order valence-corrected chi connectivity index (χ3v) is 13.2. The van der Waals surface area contributed by atoms with E-state index in [1.54, 1.807) is 0 Å². The minimum atomic E-state index is 1.40. The van der Waals surface area contributed by atoms with Crippen molar-refractivity contribution in [2.45, 2.75) is 138 Å². The lowest BCUT2D eigenvalue weighted by molar-refractivity contribution is 1.12. The molecule has 4 rings (SSSR count). The fourth-order valence-corrected chi connectivity index (χ4v) is 8.25. The van der Waals surface area contributed by atoms with Gasteiger partial charge in [-0.1, -0.05) is 0 Å². The van der Waals surface area contributed by atoms with Crippen LogP contribution in [0.1, 0.15) is 134 Å². The molecule has 0 atom stereocenters. The Morgan fingerprint density at radius 1 is 0.152 bits per heavy atom. The first-order valence-corrected chi connectivity index (χ1v) is 17.2. The van der Waals surface area contributed by atoms with E-state index in [4.69, 9.17) is 0 Å². The second-order valence-electron chi connectivity index (χ2n) is 14.8. The van der Waals surface area contributed by atoms with Crippen molar-refractivity contribution in [1.82, 2.24) is 0 Å². The predicted octanol–water partition coefficient (Wildman–Crippen LogP) is 12.9. The number of hydrogen-bond donors (Lipinski definition) is 0. The Labute approximate surface area is 282 Å². The van der Waals surface area contributed by atoms with Crippen molar-refractivity contribution in [2.75, 3.05) is 0 Å². The Morgan fingerprint density at radius 3 is 0.348 bits per heavy atom. The average molecular weight is 613 g/mol. The molecule has 0 saturated carbocycles. The van der Waals surface area contributed by atoms with E-state index in [1.165, 1.54) is 145 Å². The molecule has 0 aromatic heterocycles. The zero-order chi connectivity index (χ0) is 35.0. The van der Waals surface area contributed by atoms with Crippen LogP contribution in [0.2, 0.25) is 0 Å². The molecule has 0 aliphatic carbocycles. The van der Waals surface area contributed by atoms with Crippen LogP contribution < -0.4 is 0 Å². The molecule has 0 aliphatic heterocycles. The fourth-order valence-electron chi connectivity index (χ4n) is 8.25. The van der Waals surface area contributed by atoms with Crippen molar-refractivity contribution in [3.05, 3.63) is 134 Å². The SMILES string of the molecule is Cc1c(C)c(C)c(C(=C(c2c(C)c(C)c(C)c(C)c2C)c2c(C)c(C)c(C)c(C)c2C)c2c(C)c(C)c(C)c(C)c2C)c(C)c1C. The number of benzene rings is 4. The van der Waals surface area contributed by atoms with Crippen LogP contribution in [0.4, 0.5) is 0 Å². The Bertz CT molecular complexity index is 1590. The lowest BCUT2D eigenvalue weighted by Gasteiger charge is -2.32. The molecule has 4 aromatic carbocycles. The fraction of sp³-hybridized carbons (Fsp3) is 0.435. The van der Waals surface area contributed by atoms with Gasteiger partial charge in [0.2, 0.25) is 0 Å². The molecular formula is C46H60. The summed E-state index contributed by atoms with van der Waals surface area (Å²) in [7, 11) is 0. The van der Waals surface area contributed by atoms with Crippen molar-refractivity contribution in [2.24, 2.45) is 0 Å². The van der Waals surface area contributed by atoms with Gasteiger partial charge in [0.1, 0.15) is 0 Å². The summed E-state index contributed by atoms with van der Waals surface area (Å²) in [5.41, 5.74) is 36.5. The average Bonchev–Trinajstić information content (AvgIpc) is 3.03. The highest BCUT2D eigenvalue weighted by Crippen LogP contribution is 2.49. The molecular weight excluding hydrogens is 553 g/mol. The molecule has 0 heterocycles. The molecule has 0 aliphatic rings. The highest BCUT2D eigenvalue weighted by Gasteiger charge is 2.30. The second-order valence-corrected chi connectivity index (χ2v) is 14.8. The first-order chi connectivity index (χ1) is 21.2. The lowest BCUT2D eigenvalue weighted by atomic mass is 9.71. The Morgan fingerprint density at radius 2 is 0.239 bits per heavy atom. The predicted molar refractivity (Wildman–Crippen MR) is 206 cm³/mol. The van der Waals surface area contributed by atoms with E-state index in [0.29, 0.717) is 0 Å².